The van der Waals surface area contributed by atoms with Crippen molar-refractivity contribution >= 4 is 15.6 Å². The predicted octanol–water partition coefficient (Wildman–Crippen LogP) is 2.85. The Bertz CT molecular complexity index is 827. The van der Waals surface area contributed by atoms with Crippen molar-refractivity contribution in [3.8, 4) is 16.9 Å². The predicted molar refractivity (Wildman–Crippen MR) is 78.3 cm³/mol. The molecule has 1 aliphatic rings. The van der Waals surface area contributed by atoms with Crippen LogP contribution in [0.4, 0.5) is 0 Å². The van der Waals surface area contributed by atoms with Crippen molar-refractivity contribution < 1.29 is 32.6 Å². The maximum atomic E-state index is 11.7. The lowest BCUT2D eigenvalue weighted by Crippen LogP contribution is -1.98. The third-order valence-corrected chi connectivity index (χ3v) is 5.33. The van der Waals surface area contributed by atoms with Gasteiger partial charge < -0.3 is 14.3 Å². The second-order valence-electron chi connectivity index (χ2n) is 4.75. The van der Waals surface area contributed by atoms with Gasteiger partial charge in [0.1, 0.15) is 5.75 Å². The van der Waals surface area contributed by atoms with Gasteiger partial charge in [0.15, 0.2) is 0 Å². The van der Waals surface area contributed by atoms with Crippen LogP contribution in [0, 0.1) is 0 Å². The zero-order valence-electron chi connectivity index (χ0n) is 11.1. The number of benzene rings is 2. The van der Waals surface area contributed by atoms with Crippen LogP contribution in [-0.4, -0.2) is 14.7 Å². The summed E-state index contributed by atoms with van der Waals surface area (Å²) in [6, 6.07) is 12.6. The molecule has 0 saturated carbocycles. The van der Waals surface area contributed by atoms with E-state index in [2.05, 4.69) is 4.31 Å². The molecule has 0 heterocycles. The van der Waals surface area contributed by atoms with Crippen LogP contribution >= 0.6 is 15.6 Å². The number of fused-ring (bicyclic) bond motifs is 3. The third kappa shape index (κ3) is 3.15. The summed E-state index contributed by atoms with van der Waals surface area (Å²) in [5.41, 5.74) is 3.56. The van der Waals surface area contributed by atoms with Crippen LogP contribution in [0.25, 0.3) is 11.1 Å². The van der Waals surface area contributed by atoms with Crippen molar-refractivity contribution in [1.29, 1.82) is 0 Å². The van der Waals surface area contributed by atoms with Crippen LogP contribution < -0.4 is 4.52 Å². The summed E-state index contributed by atoms with van der Waals surface area (Å²) in [4.78, 5) is 26.8. The van der Waals surface area contributed by atoms with E-state index in [9.17, 15) is 14.0 Å². The van der Waals surface area contributed by atoms with E-state index >= 15 is 0 Å². The zero-order valence-corrected chi connectivity index (χ0v) is 12.9. The molecule has 1 atom stereocenters. The molecule has 9 heteroatoms. The minimum atomic E-state index is -5.14. The summed E-state index contributed by atoms with van der Waals surface area (Å²) in [7, 11) is -10.1. The van der Waals surface area contributed by atoms with E-state index < -0.39 is 15.6 Å². The molecule has 1 unspecified atom stereocenters. The van der Waals surface area contributed by atoms with Crippen molar-refractivity contribution in [3.05, 3.63) is 53.6 Å². The van der Waals surface area contributed by atoms with E-state index in [1.165, 1.54) is 6.07 Å². The van der Waals surface area contributed by atoms with Gasteiger partial charge in [-0.3, -0.25) is 4.89 Å². The topological polar surface area (TPSA) is 113 Å². The average molecular weight is 342 g/mol. The molecule has 0 aromatic heterocycles. The minimum Gasteiger partial charge on any atom is -0.404 e. The Morgan fingerprint density at radius 3 is 2.32 bits per heavy atom. The van der Waals surface area contributed by atoms with Crippen LogP contribution in [0.2, 0.25) is 0 Å². The first-order chi connectivity index (χ1) is 10.3. The number of phosphoric ester groups is 1. The molecule has 2 aromatic carbocycles. The van der Waals surface area contributed by atoms with Gasteiger partial charge in [-0.2, -0.15) is 4.31 Å². The van der Waals surface area contributed by atoms with Gasteiger partial charge in [0.05, 0.1) is 0 Å². The highest BCUT2D eigenvalue weighted by atomic mass is 31.3. The summed E-state index contributed by atoms with van der Waals surface area (Å²) < 4.78 is 31.1. The molecule has 0 spiro atoms. The van der Waals surface area contributed by atoms with Crippen LogP contribution in [-0.2, 0) is 19.9 Å². The summed E-state index contributed by atoms with van der Waals surface area (Å²) >= 11 is 0. The number of rotatable bonds is 4. The molecule has 0 aliphatic heterocycles. The van der Waals surface area contributed by atoms with Crippen molar-refractivity contribution in [3.63, 3.8) is 0 Å². The molecule has 3 N–H and O–H groups in total. The highest BCUT2D eigenvalue weighted by Crippen LogP contribution is 2.58. The summed E-state index contributed by atoms with van der Waals surface area (Å²) in [5.74, 6) is 0.0629. The fraction of sp³-hybridized carbons (Fsp3) is 0.0769. The Morgan fingerprint density at radius 2 is 1.59 bits per heavy atom. The van der Waals surface area contributed by atoms with Crippen LogP contribution in [0.5, 0.6) is 5.75 Å². The van der Waals surface area contributed by atoms with Crippen molar-refractivity contribution in [2.75, 3.05) is 0 Å². The lowest BCUT2D eigenvalue weighted by atomic mass is 10.1. The second-order valence-corrected chi connectivity index (χ2v) is 7.50. The van der Waals surface area contributed by atoms with Crippen molar-refractivity contribution in [2.24, 2.45) is 0 Å². The SMILES string of the molecule is O=P(O)(O)OP(=O)(O)Oc1cccc2c1Cc1ccccc1-2. The molecule has 22 heavy (non-hydrogen) atoms. The summed E-state index contributed by atoms with van der Waals surface area (Å²) in [6.45, 7) is 0. The van der Waals surface area contributed by atoms with Gasteiger partial charge in [0, 0.05) is 12.0 Å². The van der Waals surface area contributed by atoms with Crippen LogP contribution in [0.15, 0.2) is 42.5 Å². The van der Waals surface area contributed by atoms with E-state index in [0.29, 0.717) is 12.0 Å². The first-order valence-corrected chi connectivity index (χ1v) is 9.27. The standard InChI is InChI=1S/C13H12O7P2/c14-21(15,16)20-22(17,18)19-13-7-3-6-11-10-5-2-1-4-9(10)8-12(11)13/h1-7H,8H2,(H,17,18)(H2,14,15,16). The molecule has 0 radical (unpaired) electrons. The maximum absolute atomic E-state index is 11.7. The lowest BCUT2D eigenvalue weighted by molar-refractivity contribution is 0.229. The van der Waals surface area contributed by atoms with Crippen LogP contribution in [0.3, 0.4) is 0 Å². The third-order valence-electron chi connectivity index (χ3n) is 3.23. The Morgan fingerprint density at radius 1 is 0.909 bits per heavy atom. The van der Waals surface area contributed by atoms with Gasteiger partial charge in [-0.15, -0.1) is 0 Å². The molecule has 2 aromatic rings. The maximum Gasteiger partial charge on any atom is 0.536 e. The smallest absolute Gasteiger partial charge is 0.404 e. The molecule has 0 fully saturated rings. The highest BCUT2D eigenvalue weighted by molar-refractivity contribution is 7.60. The summed E-state index contributed by atoms with van der Waals surface area (Å²) in [5, 5.41) is 0. The van der Waals surface area contributed by atoms with Crippen molar-refractivity contribution in [1.82, 2.24) is 0 Å². The highest BCUT2D eigenvalue weighted by Gasteiger charge is 2.35. The molecule has 0 saturated heterocycles. The average Bonchev–Trinajstić information content (AvgIpc) is 2.75. The number of phosphoric acid groups is 2. The van der Waals surface area contributed by atoms with Crippen molar-refractivity contribution in [2.45, 2.75) is 6.42 Å². The van der Waals surface area contributed by atoms with Gasteiger partial charge in [-0.1, -0.05) is 36.4 Å². The van der Waals surface area contributed by atoms with Gasteiger partial charge in [-0.05, 0) is 22.8 Å². The number of hydrogen-bond donors (Lipinski definition) is 3. The Balaban J connectivity index is 1.96. The van der Waals surface area contributed by atoms with Gasteiger partial charge in [0.2, 0.25) is 0 Å². The van der Waals surface area contributed by atoms with Gasteiger partial charge in [-0.25, -0.2) is 9.13 Å². The quantitative estimate of drug-likeness (QED) is 0.625. The van der Waals surface area contributed by atoms with Gasteiger partial charge in [0.25, 0.3) is 0 Å². The second kappa shape index (κ2) is 5.32. The zero-order chi connectivity index (χ0) is 16.0. The first-order valence-electron chi connectivity index (χ1n) is 6.25. The Kier molecular flexibility index (Phi) is 3.73. The van der Waals surface area contributed by atoms with E-state index in [4.69, 9.17) is 14.3 Å². The molecule has 116 valence electrons. The largest absolute Gasteiger partial charge is 0.536 e. The van der Waals surface area contributed by atoms with Crippen LogP contribution in [0.1, 0.15) is 11.1 Å². The molecular formula is C13H12O7P2. The summed E-state index contributed by atoms with van der Waals surface area (Å²) in [6.07, 6.45) is 0.498. The van der Waals surface area contributed by atoms with E-state index in [1.54, 1.807) is 6.07 Å². The molecule has 7 nitrogen and oxygen atoms in total. The van der Waals surface area contributed by atoms with E-state index in [-0.39, 0.29) is 5.75 Å². The Hall–Kier alpha value is -1.46. The monoisotopic (exact) mass is 342 g/mol. The molecule has 0 bridgehead atoms. The molecule has 0 amide bonds. The number of hydrogen-bond acceptors (Lipinski definition) is 4. The lowest BCUT2D eigenvalue weighted by Gasteiger charge is -2.15. The molecule has 3 rings (SSSR count). The van der Waals surface area contributed by atoms with E-state index in [0.717, 1.165) is 16.7 Å². The van der Waals surface area contributed by atoms with Gasteiger partial charge >= 0.3 is 15.6 Å². The fourth-order valence-corrected chi connectivity index (χ4v) is 4.12. The molecular weight excluding hydrogens is 330 g/mol. The van der Waals surface area contributed by atoms with E-state index in [1.807, 2.05) is 30.3 Å². The first kappa shape index (κ1) is 15.4. The fourth-order valence-electron chi connectivity index (χ4n) is 2.49. The Labute approximate surface area is 126 Å². The molecule has 1 aliphatic carbocycles. The normalized spacial score (nSPS) is 15.8. The minimum absolute atomic E-state index is 0.0629.